The van der Waals surface area contributed by atoms with E-state index in [1.54, 1.807) is 22.6 Å². The van der Waals surface area contributed by atoms with Crippen molar-refractivity contribution in [3.63, 3.8) is 0 Å². The maximum Gasteiger partial charge on any atom is 0.126 e. The summed E-state index contributed by atoms with van der Waals surface area (Å²) >= 11 is 1.58. The topological polar surface area (TPSA) is 67.7 Å². The second-order valence-electron chi connectivity index (χ2n) is 3.73. The van der Waals surface area contributed by atoms with Crippen LogP contribution < -0.4 is 5.73 Å². The lowest BCUT2D eigenvalue weighted by atomic mass is 10.1. The van der Waals surface area contributed by atoms with Gasteiger partial charge in [-0.25, -0.2) is 4.68 Å². The molecule has 0 aliphatic rings. The number of aryl methyl sites for hydroxylation is 1. The van der Waals surface area contributed by atoms with Crippen LogP contribution in [0.1, 0.15) is 11.1 Å². The normalized spacial score (nSPS) is 10.5. The van der Waals surface area contributed by atoms with Crippen molar-refractivity contribution >= 4 is 17.6 Å². The van der Waals surface area contributed by atoms with Crippen LogP contribution in [0.2, 0.25) is 0 Å². The van der Waals surface area contributed by atoms with E-state index in [4.69, 9.17) is 11.1 Å². The predicted octanol–water partition coefficient (Wildman–Crippen LogP) is 2.19. The Hall–Kier alpha value is -1.75. The quantitative estimate of drug-likeness (QED) is 0.495. The van der Waals surface area contributed by atoms with E-state index >= 15 is 0 Å². The van der Waals surface area contributed by atoms with E-state index in [-0.39, 0.29) is 5.84 Å². The van der Waals surface area contributed by atoms with Crippen LogP contribution in [-0.4, -0.2) is 21.9 Å². The summed E-state index contributed by atoms with van der Waals surface area (Å²) in [6, 6.07) is 5.83. The SMILES string of the molecule is CSc1cccc(-n2cc(C)cn2)c1C(=N)N. The smallest absolute Gasteiger partial charge is 0.126 e. The molecule has 0 fully saturated rings. The van der Waals surface area contributed by atoms with Crippen molar-refractivity contribution in [1.29, 1.82) is 5.41 Å². The highest BCUT2D eigenvalue weighted by Gasteiger charge is 2.12. The molecule has 0 aliphatic carbocycles. The maximum atomic E-state index is 7.70. The van der Waals surface area contributed by atoms with Crippen molar-refractivity contribution in [3.8, 4) is 5.69 Å². The van der Waals surface area contributed by atoms with Crippen molar-refractivity contribution in [2.24, 2.45) is 5.73 Å². The fourth-order valence-corrected chi connectivity index (χ4v) is 2.33. The Morgan fingerprint density at radius 3 is 2.76 bits per heavy atom. The Morgan fingerprint density at radius 2 is 2.24 bits per heavy atom. The third kappa shape index (κ3) is 2.19. The molecule has 5 heteroatoms. The monoisotopic (exact) mass is 246 g/mol. The third-order valence-electron chi connectivity index (χ3n) is 2.45. The number of benzene rings is 1. The van der Waals surface area contributed by atoms with Crippen LogP contribution in [0, 0.1) is 12.3 Å². The number of nitrogen functional groups attached to an aromatic ring is 1. The number of hydrogen-bond acceptors (Lipinski definition) is 3. The van der Waals surface area contributed by atoms with E-state index in [1.165, 1.54) is 0 Å². The van der Waals surface area contributed by atoms with Crippen molar-refractivity contribution in [3.05, 3.63) is 41.7 Å². The van der Waals surface area contributed by atoms with Gasteiger partial charge >= 0.3 is 0 Å². The van der Waals surface area contributed by atoms with E-state index in [0.717, 1.165) is 21.7 Å². The van der Waals surface area contributed by atoms with E-state index in [2.05, 4.69) is 5.10 Å². The summed E-state index contributed by atoms with van der Waals surface area (Å²) in [7, 11) is 0. The molecule has 0 saturated heterocycles. The molecule has 0 saturated carbocycles. The van der Waals surface area contributed by atoms with Gasteiger partial charge in [0.05, 0.1) is 17.4 Å². The zero-order chi connectivity index (χ0) is 12.4. The number of thioether (sulfide) groups is 1. The molecule has 1 aromatic carbocycles. The summed E-state index contributed by atoms with van der Waals surface area (Å²) in [5, 5.41) is 12.0. The number of nitrogens with two attached hydrogens (primary N) is 1. The average Bonchev–Trinajstić information content (AvgIpc) is 2.74. The molecule has 2 rings (SSSR count). The first-order chi connectivity index (χ1) is 8.13. The first-order valence-electron chi connectivity index (χ1n) is 5.16. The third-order valence-corrected chi connectivity index (χ3v) is 3.23. The van der Waals surface area contributed by atoms with Crippen molar-refractivity contribution < 1.29 is 0 Å². The van der Waals surface area contributed by atoms with Crippen LogP contribution in [0.5, 0.6) is 0 Å². The fraction of sp³-hybridized carbons (Fsp3) is 0.167. The Bertz CT molecular complexity index is 559. The summed E-state index contributed by atoms with van der Waals surface area (Å²) < 4.78 is 1.76. The van der Waals surface area contributed by atoms with Crippen molar-refractivity contribution in [1.82, 2.24) is 9.78 Å². The highest BCUT2D eigenvalue weighted by molar-refractivity contribution is 7.98. The van der Waals surface area contributed by atoms with Gasteiger partial charge in [0, 0.05) is 11.1 Å². The molecule has 0 unspecified atom stereocenters. The van der Waals surface area contributed by atoms with E-state index < -0.39 is 0 Å². The van der Waals surface area contributed by atoms with Gasteiger partial charge < -0.3 is 5.73 Å². The molecule has 0 bridgehead atoms. The Morgan fingerprint density at radius 1 is 1.47 bits per heavy atom. The Balaban J connectivity index is 2.65. The molecule has 0 radical (unpaired) electrons. The Kier molecular flexibility index (Phi) is 3.19. The van der Waals surface area contributed by atoms with Crippen LogP contribution in [0.3, 0.4) is 0 Å². The number of amidine groups is 1. The van der Waals surface area contributed by atoms with Gasteiger partial charge in [-0.15, -0.1) is 11.8 Å². The standard InChI is InChI=1S/C12H14N4S/c1-8-6-15-16(7-8)9-4-3-5-10(17-2)11(9)12(13)14/h3-7H,1-2H3,(H3,13,14). The van der Waals surface area contributed by atoms with Crippen LogP contribution >= 0.6 is 11.8 Å². The number of nitrogens with zero attached hydrogens (tertiary/aromatic N) is 2. The minimum absolute atomic E-state index is 0.0677. The molecule has 88 valence electrons. The lowest BCUT2D eigenvalue weighted by Crippen LogP contribution is -2.16. The molecule has 4 nitrogen and oxygen atoms in total. The second-order valence-corrected chi connectivity index (χ2v) is 4.58. The molecule has 1 heterocycles. The number of rotatable bonds is 3. The number of nitrogens with one attached hydrogen (secondary N) is 1. The van der Waals surface area contributed by atoms with E-state index in [9.17, 15) is 0 Å². The van der Waals surface area contributed by atoms with Gasteiger partial charge in [0.1, 0.15) is 5.84 Å². The van der Waals surface area contributed by atoms with Gasteiger partial charge in [-0.2, -0.15) is 5.10 Å². The molecule has 1 aromatic heterocycles. The first-order valence-corrected chi connectivity index (χ1v) is 6.39. The maximum absolute atomic E-state index is 7.70. The fourth-order valence-electron chi connectivity index (χ4n) is 1.70. The molecule has 0 aliphatic heterocycles. The van der Waals surface area contributed by atoms with Crippen LogP contribution in [0.4, 0.5) is 0 Å². The Labute approximate surface area is 104 Å². The highest BCUT2D eigenvalue weighted by atomic mass is 32.2. The second kappa shape index (κ2) is 4.63. The van der Waals surface area contributed by atoms with Crippen LogP contribution in [0.15, 0.2) is 35.5 Å². The van der Waals surface area contributed by atoms with Crippen molar-refractivity contribution in [2.45, 2.75) is 11.8 Å². The zero-order valence-electron chi connectivity index (χ0n) is 9.77. The summed E-state index contributed by atoms with van der Waals surface area (Å²) in [4.78, 5) is 0.989. The van der Waals surface area contributed by atoms with Crippen LogP contribution in [0.25, 0.3) is 5.69 Å². The lowest BCUT2D eigenvalue weighted by Gasteiger charge is -2.11. The largest absolute Gasteiger partial charge is 0.384 e. The highest BCUT2D eigenvalue weighted by Crippen LogP contribution is 2.25. The first kappa shape index (κ1) is 11.7. The molecular weight excluding hydrogens is 232 g/mol. The number of hydrogen-bond donors (Lipinski definition) is 2. The van der Waals surface area contributed by atoms with Gasteiger partial charge in [0.15, 0.2) is 0 Å². The summed E-state index contributed by atoms with van der Waals surface area (Å²) in [5.74, 6) is 0.0677. The summed E-state index contributed by atoms with van der Waals surface area (Å²) in [6.45, 7) is 1.98. The van der Waals surface area contributed by atoms with Gasteiger partial charge in [0.25, 0.3) is 0 Å². The molecule has 0 amide bonds. The number of aromatic nitrogens is 2. The molecule has 0 spiro atoms. The molecule has 17 heavy (non-hydrogen) atoms. The molecular formula is C12H14N4S. The molecule has 2 aromatic rings. The molecule has 0 atom stereocenters. The predicted molar refractivity (Wildman–Crippen MR) is 71.1 cm³/mol. The average molecular weight is 246 g/mol. The zero-order valence-corrected chi connectivity index (χ0v) is 10.6. The van der Waals surface area contributed by atoms with Gasteiger partial charge in [-0.05, 0) is 30.9 Å². The minimum atomic E-state index is 0.0677. The van der Waals surface area contributed by atoms with Crippen LogP contribution in [-0.2, 0) is 0 Å². The lowest BCUT2D eigenvalue weighted by molar-refractivity contribution is 0.873. The van der Waals surface area contributed by atoms with E-state index in [0.29, 0.717) is 0 Å². The molecule has 3 N–H and O–H groups in total. The summed E-state index contributed by atoms with van der Waals surface area (Å²) in [5.41, 5.74) is 8.33. The van der Waals surface area contributed by atoms with Gasteiger partial charge in [0.2, 0.25) is 0 Å². The van der Waals surface area contributed by atoms with Crippen molar-refractivity contribution in [2.75, 3.05) is 6.26 Å². The van der Waals surface area contributed by atoms with E-state index in [1.807, 2.05) is 37.6 Å². The van der Waals surface area contributed by atoms with Gasteiger partial charge in [-0.3, -0.25) is 5.41 Å². The summed E-state index contributed by atoms with van der Waals surface area (Å²) in [6.07, 6.45) is 5.68. The minimum Gasteiger partial charge on any atom is -0.384 e. The van der Waals surface area contributed by atoms with Gasteiger partial charge in [-0.1, -0.05) is 6.07 Å².